The van der Waals surface area contributed by atoms with Gasteiger partial charge in [-0.15, -0.1) is 0 Å². The Bertz CT molecular complexity index is 416. The first kappa shape index (κ1) is 11.9. The van der Waals surface area contributed by atoms with Gasteiger partial charge in [0.15, 0.2) is 5.69 Å². The molecule has 5 nitrogen and oxygen atoms in total. The molecule has 0 aliphatic heterocycles. The first-order valence-electron chi connectivity index (χ1n) is 5.72. The molecule has 0 atom stereocenters. The summed E-state index contributed by atoms with van der Waals surface area (Å²) < 4.78 is 0. The van der Waals surface area contributed by atoms with Gasteiger partial charge < -0.3 is 15.7 Å². The van der Waals surface area contributed by atoms with E-state index in [0.29, 0.717) is 23.8 Å². The average molecular weight is 235 g/mol. The van der Waals surface area contributed by atoms with Gasteiger partial charge in [-0.05, 0) is 30.9 Å². The molecule has 3 N–H and O–H groups in total. The maximum absolute atomic E-state index is 12.0. The van der Waals surface area contributed by atoms with Crippen LogP contribution in [0.2, 0.25) is 0 Å². The van der Waals surface area contributed by atoms with Crippen LogP contribution in [0.25, 0.3) is 0 Å². The quantitative estimate of drug-likeness (QED) is 0.800. The van der Waals surface area contributed by atoms with Crippen molar-refractivity contribution in [3.05, 3.63) is 24.0 Å². The first-order valence-corrected chi connectivity index (χ1v) is 5.72. The summed E-state index contributed by atoms with van der Waals surface area (Å²) in [5, 5.41) is 9.20. The van der Waals surface area contributed by atoms with Crippen LogP contribution in [-0.2, 0) is 0 Å². The van der Waals surface area contributed by atoms with Gasteiger partial charge in [-0.1, -0.05) is 0 Å². The minimum Gasteiger partial charge on any atom is -0.397 e. The number of aromatic nitrogens is 1. The number of rotatable bonds is 3. The SMILES string of the molecule is CN(CC1CC(O)C1)C(=O)c1ncccc1N. The molecule has 2 rings (SSSR count). The van der Waals surface area contributed by atoms with E-state index in [2.05, 4.69) is 4.98 Å². The van der Waals surface area contributed by atoms with Crippen LogP contribution in [0.4, 0.5) is 5.69 Å². The van der Waals surface area contributed by atoms with Crippen LogP contribution in [0.3, 0.4) is 0 Å². The van der Waals surface area contributed by atoms with E-state index >= 15 is 0 Å². The number of aliphatic hydroxyl groups is 1. The van der Waals surface area contributed by atoms with Gasteiger partial charge in [0.2, 0.25) is 0 Å². The Balaban J connectivity index is 1.97. The lowest BCUT2D eigenvalue weighted by Crippen LogP contribution is -2.39. The minimum atomic E-state index is -0.191. The van der Waals surface area contributed by atoms with E-state index in [-0.39, 0.29) is 12.0 Å². The third-order valence-corrected chi connectivity index (χ3v) is 3.13. The summed E-state index contributed by atoms with van der Waals surface area (Å²) in [5.41, 5.74) is 6.41. The Morgan fingerprint density at radius 1 is 1.65 bits per heavy atom. The molecule has 0 saturated heterocycles. The van der Waals surface area contributed by atoms with Gasteiger partial charge >= 0.3 is 0 Å². The summed E-state index contributed by atoms with van der Waals surface area (Å²) in [5.74, 6) is 0.230. The van der Waals surface area contributed by atoms with Gasteiger partial charge in [0.05, 0.1) is 11.8 Å². The van der Waals surface area contributed by atoms with Crippen LogP contribution in [0.1, 0.15) is 23.3 Å². The van der Waals surface area contributed by atoms with Gasteiger partial charge in [0, 0.05) is 19.8 Å². The van der Waals surface area contributed by atoms with Crippen LogP contribution >= 0.6 is 0 Å². The largest absolute Gasteiger partial charge is 0.397 e. The second-order valence-electron chi connectivity index (χ2n) is 4.62. The van der Waals surface area contributed by atoms with Crippen molar-refractivity contribution in [1.29, 1.82) is 0 Å². The van der Waals surface area contributed by atoms with Gasteiger partial charge in [0.1, 0.15) is 0 Å². The van der Waals surface area contributed by atoms with Gasteiger partial charge in [-0.3, -0.25) is 4.79 Å². The fraction of sp³-hybridized carbons (Fsp3) is 0.500. The molecule has 17 heavy (non-hydrogen) atoms. The van der Waals surface area contributed by atoms with E-state index in [9.17, 15) is 9.90 Å². The van der Waals surface area contributed by atoms with Gasteiger partial charge in [-0.2, -0.15) is 0 Å². The Hall–Kier alpha value is -1.62. The fourth-order valence-electron chi connectivity index (χ4n) is 2.10. The molecule has 1 aliphatic carbocycles. The van der Waals surface area contributed by atoms with E-state index in [0.717, 1.165) is 12.8 Å². The number of amides is 1. The van der Waals surface area contributed by atoms with E-state index in [4.69, 9.17) is 5.73 Å². The third kappa shape index (κ3) is 2.55. The van der Waals surface area contributed by atoms with Crippen LogP contribution in [0.5, 0.6) is 0 Å². The first-order chi connectivity index (χ1) is 8.08. The molecule has 1 saturated carbocycles. The lowest BCUT2D eigenvalue weighted by Gasteiger charge is -2.34. The number of carbonyl (C=O) groups is 1. The molecule has 1 aliphatic rings. The van der Waals surface area contributed by atoms with Crippen molar-refractivity contribution in [2.75, 3.05) is 19.3 Å². The fourth-order valence-corrected chi connectivity index (χ4v) is 2.10. The Kier molecular flexibility index (Phi) is 3.28. The lowest BCUT2D eigenvalue weighted by atomic mass is 9.82. The zero-order valence-corrected chi connectivity index (χ0v) is 9.84. The predicted molar refractivity (Wildman–Crippen MR) is 64.3 cm³/mol. The molecule has 1 aromatic rings. The molecule has 0 unspecified atom stereocenters. The van der Waals surface area contributed by atoms with E-state index in [1.54, 1.807) is 30.3 Å². The van der Waals surface area contributed by atoms with Crippen molar-refractivity contribution in [2.45, 2.75) is 18.9 Å². The van der Waals surface area contributed by atoms with Crippen molar-refractivity contribution in [2.24, 2.45) is 5.92 Å². The van der Waals surface area contributed by atoms with E-state index in [1.807, 2.05) is 0 Å². The second-order valence-corrected chi connectivity index (χ2v) is 4.62. The van der Waals surface area contributed by atoms with Crippen molar-refractivity contribution in [1.82, 2.24) is 9.88 Å². The number of anilines is 1. The molecular formula is C12H17N3O2. The standard InChI is InChI=1S/C12H17N3O2/c1-15(7-8-5-9(16)6-8)12(17)11-10(13)3-2-4-14-11/h2-4,8-9,16H,5-7,13H2,1H3. The number of aliphatic hydroxyl groups excluding tert-OH is 1. The smallest absolute Gasteiger partial charge is 0.274 e. The summed E-state index contributed by atoms with van der Waals surface area (Å²) in [6.07, 6.45) is 2.92. The van der Waals surface area contributed by atoms with Crippen LogP contribution in [-0.4, -0.2) is 40.6 Å². The maximum Gasteiger partial charge on any atom is 0.274 e. The van der Waals surface area contributed by atoms with Gasteiger partial charge in [0.25, 0.3) is 5.91 Å². The molecule has 0 bridgehead atoms. The number of nitrogens with zero attached hydrogens (tertiary/aromatic N) is 2. The van der Waals surface area contributed by atoms with E-state index in [1.165, 1.54) is 0 Å². The molecule has 1 fully saturated rings. The minimum absolute atomic E-state index is 0.163. The number of hydrogen-bond donors (Lipinski definition) is 2. The van der Waals surface area contributed by atoms with Crippen LogP contribution in [0.15, 0.2) is 18.3 Å². The van der Waals surface area contributed by atoms with Crippen LogP contribution in [0, 0.1) is 5.92 Å². The van der Waals surface area contributed by atoms with E-state index < -0.39 is 0 Å². The Labute approximate surface area is 100 Å². The Morgan fingerprint density at radius 3 is 2.94 bits per heavy atom. The molecule has 0 spiro atoms. The molecule has 1 heterocycles. The summed E-state index contributed by atoms with van der Waals surface area (Å²) in [6, 6.07) is 3.37. The molecule has 1 amide bonds. The number of carbonyl (C=O) groups excluding carboxylic acids is 1. The number of hydrogen-bond acceptors (Lipinski definition) is 4. The second kappa shape index (κ2) is 4.71. The molecular weight excluding hydrogens is 218 g/mol. The van der Waals surface area contributed by atoms with Crippen molar-refractivity contribution < 1.29 is 9.90 Å². The summed E-state index contributed by atoms with van der Waals surface area (Å²) in [7, 11) is 1.74. The zero-order valence-electron chi connectivity index (χ0n) is 9.84. The molecule has 5 heteroatoms. The molecule has 0 aromatic carbocycles. The summed E-state index contributed by atoms with van der Waals surface area (Å²) in [6.45, 7) is 0.645. The lowest BCUT2D eigenvalue weighted by molar-refractivity contribution is 0.0264. The highest BCUT2D eigenvalue weighted by molar-refractivity contribution is 5.96. The van der Waals surface area contributed by atoms with Crippen molar-refractivity contribution >= 4 is 11.6 Å². The zero-order chi connectivity index (χ0) is 12.4. The summed E-state index contributed by atoms with van der Waals surface area (Å²) in [4.78, 5) is 17.7. The van der Waals surface area contributed by atoms with Crippen molar-refractivity contribution in [3.8, 4) is 0 Å². The highest BCUT2D eigenvalue weighted by Crippen LogP contribution is 2.28. The highest BCUT2D eigenvalue weighted by Gasteiger charge is 2.29. The predicted octanol–water partition coefficient (Wildman–Crippen LogP) is 0.507. The van der Waals surface area contributed by atoms with Crippen LogP contribution < -0.4 is 5.73 Å². The summed E-state index contributed by atoms with van der Waals surface area (Å²) >= 11 is 0. The molecule has 92 valence electrons. The number of nitrogens with two attached hydrogens (primary N) is 1. The monoisotopic (exact) mass is 235 g/mol. The van der Waals surface area contributed by atoms with Crippen molar-refractivity contribution in [3.63, 3.8) is 0 Å². The molecule has 1 aromatic heterocycles. The normalized spacial score (nSPS) is 22.9. The topological polar surface area (TPSA) is 79.5 Å². The van der Waals surface area contributed by atoms with Gasteiger partial charge in [-0.25, -0.2) is 4.98 Å². The average Bonchev–Trinajstić information content (AvgIpc) is 2.26. The maximum atomic E-state index is 12.0. The number of nitrogen functional groups attached to an aromatic ring is 1. The highest BCUT2D eigenvalue weighted by atomic mass is 16.3. The Morgan fingerprint density at radius 2 is 2.35 bits per heavy atom. The molecule has 0 radical (unpaired) electrons. The number of pyridine rings is 1. The third-order valence-electron chi connectivity index (χ3n) is 3.13.